The molecule has 0 radical (unpaired) electrons. The van der Waals surface area contributed by atoms with Crippen LogP contribution in [0.15, 0.2) is 42.6 Å². The number of nitrogens with two attached hydrogens (primary N) is 1. The third-order valence-corrected chi connectivity index (χ3v) is 7.27. The third-order valence-electron chi connectivity index (χ3n) is 6.05. The van der Waals surface area contributed by atoms with Gasteiger partial charge in [-0.3, -0.25) is 4.79 Å². The molecule has 1 saturated heterocycles. The third kappa shape index (κ3) is 3.14. The summed E-state index contributed by atoms with van der Waals surface area (Å²) < 4.78 is 8.25. The molecule has 5 heterocycles. The molecule has 3 aromatic rings. The van der Waals surface area contributed by atoms with Crippen molar-refractivity contribution < 1.29 is 9.53 Å². The maximum atomic E-state index is 12.9. The van der Waals surface area contributed by atoms with Crippen molar-refractivity contribution in [1.29, 1.82) is 0 Å². The average molecular weight is 409 g/mol. The maximum Gasteiger partial charge on any atom is 0.270 e. The molecule has 0 saturated carbocycles. The van der Waals surface area contributed by atoms with Crippen molar-refractivity contribution in [2.24, 2.45) is 7.05 Å². The van der Waals surface area contributed by atoms with E-state index in [9.17, 15) is 4.79 Å². The van der Waals surface area contributed by atoms with E-state index in [2.05, 4.69) is 11.1 Å². The Morgan fingerprint density at radius 3 is 2.79 bits per heavy atom. The minimum absolute atomic E-state index is 0.0957. The van der Waals surface area contributed by atoms with E-state index in [0.29, 0.717) is 18.9 Å². The van der Waals surface area contributed by atoms with Gasteiger partial charge < -0.3 is 19.9 Å². The molecule has 2 aliphatic rings. The molecule has 1 amide bonds. The topological polar surface area (TPSA) is 73.4 Å². The Kier molecular flexibility index (Phi) is 4.44. The van der Waals surface area contributed by atoms with Gasteiger partial charge in [0.15, 0.2) is 0 Å². The summed E-state index contributed by atoms with van der Waals surface area (Å²) >= 11 is 1.79. The van der Waals surface area contributed by atoms with E-state index in [1.807, 2.05) is 47.0 Å². The van der Waals surface area contributed by atoms with Crippen LogP contribution in [0.2, 0.25) is 0 Å². The summed E-state index contributed by atoms with van der Waals surface area (Å²) in [5.74, 6) is 0.630. The van der Waals surface area contributed by atoms with Crippen molar-refractivity contribution in [3.8, 4) is 10.6 Å². The number of amides is 1. The van der Waals surface area contributed by atoms with E-state index in [1.165, 1.54) is 10.4 Å². The molecule has 7 heteroatoms. The van der Waals surface area contributed by atoms with Gasteiger partial charge in [-0.15, -0.1) is 11.3 Å². The van der Waals surface area contributed by atoms with E-state index in [-0.39, 0.29) is 11.5 Å². The predicted octanol–water partition coefficient (Wildman–Crippen LogP) is 3.44. The first-order chi connectivity index (χ1) is 14.1. The van der Waals surface area contributed by atoms with Crippen LogP contribution >= 0.6 is 11.3 Å². The lowest BCUT2D eigenvalue weighted by molar-refractivity contribution is -0.0926. The second kappa shape index (κ2) is 7.00. The van der Waals surface area contributed by atoms with Crippen molar-refractivity contribution in [1.82, 2.24) is 14.5 Å². The molecular formula is C22H24N4O2S. The lowest BCUT2D eigenvalue weighted by Crippen LogP contribution is -2.48. The highest BCUT2D eigenvalue weighted by atomic mass is 32.1. The largest absolute Gasteiger partial charge is 0.384 e. The zero-order valence-corrected chi connectivity index (χ0v) is 17.2. The Hall–Kier alpha value is -2.64. The number of ether oxygens (including phenoxy) is 1. The molecule has 1 spiro atoms. The fourth-order valence-electron chi connectivity index (χ4n) is 4.46. The lowest BCUT2D eigenvalue weighted by Gasteiger charge is -2.44. The van der Waals surface area contributed by atoms with E-state index >= 15 is 0 Å². The van der Waals surface area contributed by atoms with Gasteiger partial charge in [-0.25, -0.2) is 4.98 Å². The normalized spacial score (nSPS) is 18.0. The second-order valence-electron chi connectivity index (χ2n) is 7.78. The van der Waals surface area contributed by atoms with Gasteiger partial charge >= 0.3 is 0 Å². The monoisotopic (exact) mass is 408 g/mol. The molecule has 2 N–H and O–H groups in total. The van der Waals surface area contributed by atoms with Crippen LogP contribution in [0.1, 0.15) is 33.8 Å². The number of rotatable bonds is 2. The molecule has 1 fully saturated rings. The maximum absolute atomic E-state index is 12.9. The Bertz CT molecular complexity index is 1060. The molecule has 2 aliphatic heterocycles. The molecule has 0 unspecified atom stereocenters. The van der Waals surface area contributed by atoms with Crippen LogP contribution in [0.5, 0.6) is 0 Å². The lowest BCUT2D eigenvalue weighted by atomic mass is 9.82. The number of aryl methyl sites for hydroxylation is 1. The predicted molar refractivity (Wildman–Crippen MR) is 114 cm³/mol. The number of pyridine rings is 1. The molecule has 6 nitrogen and oxygen atoms in total. The SMILES string of the molecule is Cn1cccc1C(=O)N1CCC2(CC1)OCCc1sc(-c3cccc(N)n3)cc12. The molecule has 0 aliphatic carbocycles. The standard InChI is InChI=1S/C22H24N4O2S/c1-25-10-3-5-17(25)21(27)26-11-8-22(9-12-26)15-14-19(29-18(15)7-13-28-22)16-4-2-6-20(23)24-16/h2-6,10,14H,7-9,11-13H2,1H3,(H2,23,24). The molecule has 29 heavy (non-hydrogen) atoms. The van der Waals surface area contributed by atoms with E-state index in [4.69, 9.17) is 10.5 Å². The number of carbonyl (C=O) groups excluding carboxylic acids is 1. The summed E-state index contributed by atoms with van der Waals surface area (Å²) in [6.07, 6.45) is 4.47. The number of carbonyl (C=O) groups is 1. The number of fused-ring (bicyclic) bond motifs is 2. The fraction of sp³-hybridized carbons (Fsp3) is 0.364. The minimum Gasteiger partial charge on any atom is -0.384 e. The first-order valence-corrected chi connectivity index (χ1v) is 10.8. The summed E-state index contributed by atoms with van der Waals surface area (Å²) in [4.78, 5) is 21.8. The minimum atomic E-state index is -0.298. The van der Waals surface area contributed by atoms with E-state index < -0.39 is 0 Å². The molecule has 0 atom stereocenters. The number of thiophene rings is 1. The molecule has 150 valence electrons. The van der Waals surface area contributed by atoms with Crippen LogP contribution in [-0.4, -0.2) is 40.1 Å². The molecule has 3 aromatic heterocycles. The zero-order chi connectivity index (χ0) is 20.0. The number of nitrogens with zero attached hydrogens (tertiary/aromatic N) is 3. The smallest absolute Gasteiger partial charge is 0.270 e. The van der Waals surface area contributed by atoms with Crippen LogP contribution in [-0.2, 0) is 23.8 Å². The highest BCUT2D eigenvalue weighted by molar-refractivity contribution is 7.15. The van der Waals surface area contributed by atoms with E-state index in [1.54, 1.807) is 17.4 Å². The van der Waals surface area contributed by atoms with E-state index in [0.717, 1.165) is 42.1 Å². The van der Waals surface area contributed by atoms with Gasteiger partial charge in [-0.2, -0.15) is 0 Å². The molecule has 0 bridgehead atoms. The van der Waals surface area contributed by atoms with Gasteiger partial charge in [0.1, 0.15) is 11.5 Å². The van der Waals surface area contributed by atoms with Crippen molar-refractivity contribution >= 4 is 23.1 Å². The quantitative estimate of drug-likeness (QED) is 0.705. The number of hydrogen-bond donors (Lipinski definition) is 1. The summed E-state index contributed by atoms with van der Waals surface area (Å²) in [5, 5.41) is 0. The Morgan fingerprint density at radius 2 is 2.07 bits per heavy atom. The van der Waals surface area contributed by atoms with Crippen LogP contribution in [0, 0.1) is 0 Å². The second-order valence-corrected chi connectivity index (χ2v) is 8.92. The first kappa shape index (κ1) is 18.4. The summed E-state index contributed by atoms with van der Waals surface area (Å²) in [5.41, 5.74) is 8.50. The van der Waals surface area contributed by atoms with Crippen LogP contribution in [0.3, 0.4) is 0 Å². The van der Waals surface area contributed by atoms with Gasteiger partial charge in [-0.1, -0.05) is 6.07 Å². The molecule has 0 aromatic carbocycles. The van der Waals surface area contributed by atoms with Crippen LogP contribution in [0.25, 0.3) is 10.6 Å². The first-order valence-electron chi connectivity index (χ1n) is 9.96. The number of likely N-dealkylation sites (tertiary alicyclic amines) is 1. The van der Waals surface area contributed by atoms with Gasteiger partial charge in [-0.05, 0) is 48.7 Å². The highest BCUT2D eigenvalue weighted by Crippen LogP contribution is 2.46. The zero-order valence-electron chi connectivity index (χ0n) is 16.4. The Morgan fingerprint density at radius 1 is 1.24 bits per heavy atom. The number of piperidine rings is 1. The number of aromatic nitrogens is 2. The van der Waals surface area contributed by atoms with Crippen molar-refractivity contribution in [2.45, 2.75) is 24.9 Å². The van der Waals surface area contributed by atoms with Crippen molar-refractivity contribution in [3.63, 3.8) is 0 Å². The van der Waals surface area contributed by atoms with Crippen molar-refractivity contribution in [2.75, 3.05) is 25.4 Å². The number of nitrogen functional groups attached to an aromatic ring is 1. The summed E-state index contributed by atoms with van der Waals surface area (Å²) in [6, 6.07) is 11.8. The van der Waals surface area contributed by atoms with Crippen LogP contribution < -0.4 is 5.73 Å². The number of anilines is 1. The van der Waals surface area contributed by atoms with Gasteiger partial charge in [0.2, 0.25) is 0 Å². The van der Waals surface area contributed by atoms with Gasteiger partial charge in [0.25, 0.3) is 5.91 Å². The van der Waals surface area contributed by atoms with Crippen LogP contribution in [0.4, 0.5) is 5.82 Å². The van der Waals surface area contributed by atoms with Gasteiger partial charge in [0, 0.05) is 37.6 Å². The summed E-state index contributed by atoms with van der Waals surface area (Å²) in [7, 11) is 1.91. The Labute approximate surface area is 173 Å². The Balaban J connectivity index is 1.40. The number of hydrogen-bond acceptors (Lipinski definition) is 5. The van der Waals surface area contributed by atoms with Crippen molar-refractivity contribution in [3.05, 3.63) is 58.7 Å². The fourth-order valence-corrected chi connectivity index (χ4v) is 5.66. The summed E-state index contributed by atoms with van der Waals surface area (Å²) in [6.45, 7) is 2.12. The molecular weight excluding hydrogens is 384 g/mol. The highest BCUT2D eigenvalue weighted by Gasteiger charge is 2.43. The van der Waals surface area contributed by atoms with Gasteiger partial charge in [0.05, 0.1) is 22.8 Å². The molecule has 5 rings (SSSR count). The average Bonchev–Trinajstić information content (AvgIpc) is 3.35.